The zero-order chi connectivity index (χ0) is 12.1. The minimum Gasteiger partial charge on any atom is -0.326 e. The number of nitrogens with one attached hydrogen (secondary N) is 1. The molecule has 3 heteroatoms. The van der Waals surface area contributed by atoms with E-state index in [0.29, 0.717) is 0 Å². The van der Waals surface area contributed by atoms with Gasteiger partial charge in [0.15, 0.2) is 0 Å². The molecule has 0 unspecified atom stereocenters. The zero-order valence-corrected chi connectivity index (χ0v) is 10.1. The fraction of sp³-hybridized carbons (Fsp3) is 0.500. The van der Waals surface area contributed by atoms with Gasteiger partial charge in [-0.3, -0.25) is 4.79 Å². The number of amides is 1. The second-order valence-electron chi connectivity index (χ2n) is 5.50. The molecule has 2 saturated carbocycles. The largest absolute Gasteiger partial charge is 0.326 e. The van der Waals surface area contributed by atoms with Gasteiger partial charge in [-0.25, -0.2) is 0 Å². The molecule has 1 aromatic rings. The van der Waals surface area contributed by atoms with E-state index in [2.05, 4.69) is 17.4 Å². The molecular weight excluding hydrogens is 212 g/mol. The van der Waals surface area contributed by atoms with Gasteiger partial charge in [0.2, 0.25) is 5.91 Å². The molecule has 2 fully saturated rings. The Morgan fingerprint density at radius 1 is 1.18 bits per heavy atom. The molecule has 0 radical (unpaired) electrons. The predicted octanol–water partition coefficient (Wildman–Crippen LogP) is 2.17. The van der Waals surface area contributed by atoms with Crippen LogP contribution in [0.25, 0.3) is 0 Å². The van der Waals surface area contributed by atoms with E-state index in [1.54, 1.807) is 0 Å². The summed E-state index contributed by atoms with van der Waals surface area (Å²) in [6.07, 6.45) is 4.73. The third-order valence-corrected chi connectivity index (χ3v) is 4.25. The molecule has 0 saturated heterocycles. The molecule has 2 aliphatic rings. The number of rotatable bonds is 3. The number of hydrogen-bond acceptors (Lipinski definition) is 2. The van der Waals surface area contributed by atoms with Crippen LogP contribution in [0.4, 0.5) is 5.69 Å². The van der Waals surface area contributed by atoms with E-state index in [9.17, 15) is 4.79 Å². The summed E-state index contributed by atoms with van der Waals surface area (Å²) in [4.78, 5) is 10.9. The highest BCUT2D eigenvalue weighted by atomic mass is 16.1. The van der Waals surface area contributed by atoms with E-state index in [-0.39, 0.29) is 16.9 Å². The van der Waals surface area contributed by atoms with Crippen molar-refractivity contribution in [1.82, 2.24) is 0 Å². The van der Waals surface area contributed by atoms with Crippen molar-refractivity contribution in [3.63, 3.8) is 0 Å². The molecule has 3 rings (SSSR count). The maximum Gasteiger partial charge on any atom is 0.221 e. The predicted molar refractivity (Wildman–Crippen MR) is 67.8 cm³/mol. The van der Waals surface area contributed by atoms with Crippen LogP contribution >= 0.6 is 0 Å². The summed E-state index contributed by atoms with van der Waals surface area (Å²) < 4.78 is 0. The van der Waals surface area contributed by atoms with Crippen molar-refractivity contribution in [3.8, 4) is 0 Å². The molecule has 3 N–H and O–H groups in total. The Balaban J connectivity index is 1.83. The molecule has 90 valence electrons. The normalized spacial score (nSPS) is 22.9. The van der Waals surface area contributed by atoms with E-state index in [0.717, 1.165) is 18.5 Å². The first kappa shape index (κ1) is 10.8. The van der Waals surface area contributed by atoms with Crippen LogP contribution in [0, 0.1) is 0 Å². The number of anilines is 1. The van der Waals surface area contributed by atoms with Crippen molar-refractivity contribution >= 4 is 11.6 Å². The van der Waals surface area contributed by atoms with Crippen LogP contribution in [0.5, 0.6) is 0 Å². The summed E-state index contributed by atoms with van der Waals surface area (Å²) in [6.45, 7) is 1.52. The first-order chi connectivity index (χ1) is 8.06. The maximum atomic E-state index is 10.9. The number of carbonyl (C=O) groups excluding carboxylic acids is 1. The van der Waals surface area contributed by atoms with Gasteiger partial charge in [0.1, 0.15) is 0 Å². The van der Waals surface area contributed by atoms with Gasteiger partial charge in [0.05, 0.1) is 0 Å². The highest BCUT2D eigenvalue weighted by Crippen LogP contribution is 2.63. The standard InChI is InChI=1S/C14H18N2O/c1-10(17)16-12-4-2-11(3-5-12)13(6-7-13)14(15)8-9-14/h2-5H,6-9,15H2,1H3,(H,16,17). The molecule has 1 aromatic carbocycles. The molecule has 0 spiro atoms. The molecule has 0 heterocycles. The summed E-state index contributed by atoms with van der Waals surface area (Å²) in [5, 5.41) is 2.79. The minimum absolute atomic E-state index is 0.0311. The average molecular weight is 230 g/mol. The summed E-state index contributed by atoms with van der Waals surface area (Å²) in [7, 11) is 0. The highest BCUT2D eigenvalue weighted by molar-refractivity contribution is 5.88. The Kier molecular flexibility index (Phi) is 2.11. The van der Waals surface area contributed by atoms with Crippen molar-refractivity contribution in [1.29, 1.82) is 0 Å². The monoisotopic (exact) mass is 230 g/mol. The smallest absolute Gasteiger partial charge is 0.221 e. The molecule has 0 bridgehead atoms. The molecule has 2 aliphatic carbocycles. The Hall–Kier alpha value is -1.35. The number of benzene rings is 1. The summed E-state index contributed by atoms with van der Waals surface area (Å²) in [5.41, 5.74) is 8.86. The molecular formula is C14H18N2O. The molecule has 17 heavy (non-hydrogen) atoms. The molecule has 0 atom stereocenters. The van der Waals surface area contributed by atoms with Gasteiger partial charge in [0.25, 0.3) is 0 Å². The van der Waals surface area contributed by atoms with Crippen LogP contribution in [-0.2, 0) is 10.2 Å². The van der Waals surface area contributed by atoms with E-state index in [1.165, 1.54) is 25.3 Å². The number of carbonyl (C=O) groups is 1. The molecule has 1 amide bonds. The van der Waals surface area contributed by atoms with Crippen molar-refractivity contribution < 1.29 is 4.79 Å². The van der Waals surface area contributed by atoms with Crippen molar-refractivity contribution in [2.45, 2.75) is 43.6 Å². The summed E-state index contributed by atoms with van der Waals surface area (Å²) >= 11 is 0. The zero-order valence-electron chi connectivity index (χ0n) is 10.1. The lowest BCUT2D eigenvalue weighted by Gasteiger charge is -2.23. The number of nitrogens with two attached hydrogens (primary N) is 1. The number of hydrogen-bond donors (Lipinski definition) is 2. The quantitative estimate of drug-likeness (QED) is 0.836. The first-order valence-corrected chi connectivity index (χ1v) is 6.23. The van der Waals surface area contributed by atoms with Gasteiger partial charge in [-0.05, 0) is 43.4 Å². The van der Waals surface area contributed by atoms with Gasteiger partial charge in [0, 0.05) is 23.6 Å². The summed E-state index contributed by atoms with van der Waals surface area (Å²) in [5.74, 6) is -0.0311. The Morgan fingerprint density at radius 3 is 2.18 bits per heavy atom. The second kappa shape index (κ2) is 3.33. The third-order valence-electron chi connectivity index (χ3n) is 4.25. The third kappa shape index (κ3) is 1.65. The van der Waals surface area contributed by atoms with Crippen molar-refractivity contribution in [3.05, 3.63) is 29.8 Å². The van der Waals surface area contributed by atoms with Crippen LogP contribution in [-0.4, -0.2) is 11.4 Å². The Labute approximate surface area is 101 Å². The first-order valence-electron chi connectivity index (χ1n) is 6.23. The van der Waals surface area contributed by atoms with E-state index >= 15 is 0 Å². The topological polar surface area (TPSA) is 55.1 Å². The lowest BCUT2D eigenvalue weighted by molar-refractivity contribution is -0.114. The van der Waals surface area contributed by atoms with Gasteiger partial charge >= 0.3 is 0 Å². The Bertz CT molecular complexity index is 456. The van der Waals surface area contributed by atoms with E-state index in [1.807, 2.05) is 12.1 Å². The van der Waals surface area contributed by atoms with Crippen LogP contribution < -0.4 is 11.1 Å². The lowest BCUT2D eigenvalue weighted by Crippen LogP contribution is -2.37. The fourth-order valence-electron chi connectivity index (χ4n) is 2.89. The van der Waals surface area contributed by atoms with Gasteiger partial charge in [-0.2, -0.15) is 0 Å². The maximum absolute atomic E-state index is 10.9. The average Bonchev–Trinajstić information content (AvgIpc) is 3.14. The van der Waals surface area contributed by atoms with E-state index in [4.69, 9.17) is 5.73 Å². The van der Waals surface area contributed by atoms with Gasteiger partial charge < -0.3 is 11.1 Å². The van der Waals surface area contributed by atoms with Gasteiger partial charge in [-0.1, -0.05) is 12.1 Å². The summed E-state index contributed by atoms with van der Waals surface area (Å²) in [6, 6.07) is 8.18. The van der Waals surface area contributed by atoms with Crippen LogP contribution in [0.15, 0.2) is 24.3 Å². The van der Waals surface area contributed by atoms with E-state index < -0.39 is 0 Å². The van der Waals surface area contributed by atoms with Crippen molar-refractivity contribution in [2.24, 2.45) is 5.73 Å². The highest BCUT2D eigenvalue weighted by Gasteiger charge is 2.63. The second-order valence-corrected chi connectivity index (χ2v) is 5.50. The molecule has 0 aliphatic heterocycles. The van der Waals surface area contributed by atoms with Crippen LogP contribution in [0.2, 0.25) is 0 Å². The Morgan fingerprint density at radius 2 is 1.76 bits per heavy atom. The molecule has 3 nitrogen and oxygen atoms in total. The fourth-order valence-corrected chi connectivity index (χ4v) is 2.89. The van der Waals surface area contributed by atoms with Gasteiger partial charge in [-0.15, -0.1) is 0 Å². The van der Waals surface area contributed by atoms with Crippen LogP contribution in [0.3, 0.4) is 0 Å². The minimum atomic E-state index is -0.0311. The molecule has 0 aromatic heterocycles. The van der Waals surface area contributed by atoms with Crippen LogP contribution in [0.1, 0.15) is 38.2 Å². The SMILES string of the molecule is CC(=O)Nc1ccc(C2(C3(N)CC3)CC2)cc1. The lowest BCUT2D eigenvalue weighted by atomic mass is 9.86. The van der Waals surface area contributed by atoms with Crippen molar-refractivity contribution in [2.75, 3.05) is 5.32 Å².